The minimum absolute atomic E-state index is 0.336. The molecule has 3 rings (SSSR count). The summed E-state index contributed by atoms with van der Waals surface area (Å²) in [5.74, 6) is 0. The van der Waals surface area contributed by atoms with Crippen LogP contribution in [0.4, 0.5) is 5.13 Å². The smallest absolute Gasteiger partial charge is 0.208 e. The molecule has 0 bridgehead atoms. The van der Waals surface area contributed by atoms with E-state index < -0.39 is 0 Å². The van der Waals surface area contributed by atoms with E-state index in [-0.39, 0.29) is 0 Å². The van der Waals surface area contributed by atoms with Gasteiger partial charge in [0.1, 0.15) is 5.01 Å². The predicted octanol–water partition coefficient (Wildman–Crippen LogP) is 0.366. The van der Waals surface area contributed by atoms with Crippen molar-refractivity contribution in [3.05, 3.63) is 5.01 Å². The average molecular weight is 240 g/mol. The highest BCUT2D eigenvalue weighted by Gasteiger charge is 2.39. The molecule has 5 nitrogen and oxygen atoms in total. The van der Waals surface area contributed by atoms with E-state index in [4.69, 9.17) is 4.74 Å². The van der Waals surface area contributed by atoms with E-state index in [9.17, 15) is 0 Å². The van der Waals surface area contributed by atoms with Crippen molar-refractivity contribution in [3.63, 3.8) is 0 Å². The highest BCUT2D eigenvalue weighted by atomic mass is 32.1. The van der Waals surface area contributed by atoms with Crippen molar-refractivity contribution in [3.8, 4) is 0 Å². The largest absolute Gasteiger partial charge is 0.373 e. The molecule has 0 radical (unpaired) electrons. The highest BCUT2D eigenvalue weighted by Crippen LogP contribution is 2.28. The zero-order valence-corrected chi connectivity index (χ0v) is 10.4. The minimum atomic E-state index is 0.336. The van der Waals surface area contributed by atoms with Crippen molar-refractivity contribution in [2.45, 2.75) is 19.1 Å². The van der Waals surface area contributed by atoms with Gasteiger partial charge in [-0.25, -0.2) is 0 Å². The van der Waals surface area contributed by atoms with Gasteiger partial charge in [-0.1, -0.05) is 11.3 Å². The van der Waals surface area contributed by atoms with Gasteiger partial charge >= 0.3 is 0 Å². The van der Waals surface area contributed by atoms with Crippen LogP contribution in [-0.2, 0) is 4.74 Å². The Labute approximate surface area is 99.0 Å². The van der Waals surface area contributed by atoms with E-state index in [2.05, 4.69) is 27.0 Å². The number of aromatic nitrogens is 2. The van der Waals surface area contributed by atoms with Gasteiger partial charge in [0.15, 0.2) is 0 Å². The molecule has 2 aliphatic heterocycles. The predicted molar refractivity (Wildman–Crippen MR) is 63.0 cm³/mol. The molecule has 2 atom stereocenters. The number of nitrogens with zero attached hydrogens (tertiary/aromatic N) is 4. The third kappa shape index (κ3) is 1.70. The zero-order chi connectivity index (χ0) is 11.1. The molecular weight excluding hydrogens is 224 g/mol. The molecule has 3 heterocycles. The molecule has 88 valence electrons. The number of hydrogen-bond acceptors (Lipinski definition) is 6. The molecule has 2 saturated heterocycles. The van der Waals surface area contributed by atoms with Crippen LogP contribution in [0.2, 0.25) is 0 Å². The second kappa shape index (κ2) is 3.94. The topological polar surface area (TPSA) is 41.5 Å². The lowest BCUT2D eigenvalue weighted by Crippen LogP contribution is -2.48. The summed E-state index contributed by atoms with van der Waals surface area (Å²) in [6.07, 6.45) is 0.336. The van der Waals surface area contributed by atoms with E-state index in [1.807, 2.05) is 6.92 Å². The van der Waals surface area contributed by atoms with Crippen molar-refractivity contribution in [2.75, 3.05) is 38.2 Å². The molecule has 2 fully saturated rings. The second-order valence-corrected chi connectivity index (χ2v) is 5.63. The fourth-order valence-electron chi connectivity index (χ4n) is 2.43. The van der Waals surface area contributed by atoms with E-state index in [0.717, 1.165) is 36.4 Å². The quantitative estimate of drug-likeness (QED) is 0.709. The van der Waals surface area contributed by atoms with Crippen LogP contribution in [0.25, 0.3) is 0 Å². The van der Waals surface area contributed by atoms with Crippen molar-refractivity contribution in [2.24, 2.45) is 0 Å². The van der Waals surface area contributed by atoms with Crippen LogP contribution >= 0.6 is 11.3 Å². The summed E-state index contributed by atoms with van der Waals surface area (Å²) in [6, 6.07) is 0.512. The highest BCUT2D eigenvalue weighted by molar-refractivity contribution is 7.15. The van der Waals surface area contributed by atoms with E-state index in [1.165, 1.54) is 0 Å². The summed E-state index contributed by atoms with van der Waals surface area (Å²) in [6.45, 7) is 5.83. The Morgan fingerprint density at radius 3 is 2.94 bits per heavy atom. The lowest BCUT2D eigenvalue weighted by molar-refractivity contribution is -0.0362. The Kier molecular flexibility index (Phi) is 2.57. The van der Waals surface area contributed by atoms with Gasteiger partial charge in [-0.05, 0) is 14.0 Å². The van der Waals surface area contributed by atoms with Gasteiger partial charge in [0.2, 0.25) is 5.13 Å². The fourth-order valence-corrected chi connectivity index (χ4v) is 3.13. The molecule has 1 aromatic rings. The Hall–Kier alpha value is -0.720. The van der Waals surface area contributed by atoms with Gasteiger partial charge in [-0.3, -0.25) is 4.90 Å². The summed E-state index contributed by atoms with van der Waals surface area (Å²) in [5, 5.41) is 10.3. The van der Waals surface area contributed by atoms with Crippen molar-refractivity contribution >= 4 is 16.5 Å². The average Bonchev–Trinajstić information content (AvgIpc) is 2.84. The van der Waals surface area contributed by atoms with Crippen molar-refractivity contribution < 1.29 is 4.74 Å². The van der Waals surface area contributed by atoms with Crippen LogP contribution in [-0.4, -0.2) is 60.5 Å². The van der Waals surface area contributed by atoms with Crippen LogP contribution in [0.5, 0.6) is 0 Å². The van der Waals surface area contributed by atoms with Gasteiger partial charge in [0.05, 0.1) is 18.8 Å². The Bertz CT molecular complexity index is 383. The lowest BCUT2D eigenvalue weighted by Gasteiger charge is -2.33. The molecule has 16 heavy (non-hydrogen) atoms. The lowest BCUT2D eigenvalue weighted by atomic mass is 10.1. The molecular formula is C10H16N4OS. The van der Waals surface area contributed by atoms with E-state index in [1.54, 1.807) is 11.3 Å². The van der Waals surface area contributed by atoms with E-state index >= 15 is 0 Å². The molecule has 0 N–H and O–H groups in total. The summed E-state index contributed by atoms with van der Waals surface area (Å²) in [4.78, 5) is 4.68. The number of hydrogen-bond donors (Lipinski definition) is 0. The number of aryl methyl sites for hydroxylation is 1. The maximum absolute atomic E-state index is 5.80. The first-order valence-electron chi connectivity index (χ1n) is 5.61. The van der Waals surface area contributed by atoms with Crippen molar-refractivity contribution in [1.82, 2.24) is 15.1 Å². The fraction of sp³-hybridized carbons (Fsp3) is 0.800. The molecule has 1 aromatic heterocycles. The third-order valence-electron chi connectivity index (χ3n) is 3.36. The molecule has 0 amide bonds. The SMILES string of the molecule is Cc1nnc(N2CC3OCCN(C)C3C2)s1. The second-order valence-electron chi connectivity index (χ2n) is 4.47. The summed E-state index contributed by atoms with van der Waals surface area (Å²) < 4.78 is 5.80. The molecule has 0 aliphatic carbocycles. The van der Waals surface area contributed by atoms with Crippen LogP contribution in [0.15, 0.2) is 0 Å². The number of ether oxygens (including phenoxy) is 1. The Morgan fingerprint density at radius 2 is 2.25 bits per heavy atom. The van der Waals surface area contributed by atoms with Crippen LogP contribution in [0, 0.1) is 6.92 Å². The van der Waals surface area contributed by atoms with Gasteiger partial charge in [0, 0.05) is 19.6 Å². The Morgan fingerprint density at radius 1 is 1.38 bits per heavy atom. The number of likely N-dealkylation sites (N-methyl/N-ethyl adjacent to an activating group) is 1. The maximum atomic E-state index is 5.80. The van der Waals surface area contributed by atoms with Crippen LogP contribution in [0.1, 0.15) is 5.01 Å². The normalized spacial score (nSPS) is 30.8. The summed E-state index contributed by atoms with van der Waals surface area (Å²) in [5.41, 5.74) is 0. The number of anilines is 1. The first kappa shape index (κ1) is 10.4. The van der Waals surface area contributed by atoms with Crippen LogP contribution < -0.4 is 4.90 Å². The minimum Gasteiger partial charge on any atom is -0.373 e. The zero-order valence-electron chi connectivity index (χ0n) is 9.59. The van der Waals surface area contributed by atoms with Gasteiger partial charge in [-0.2, -0.15) is 0 Å². The molecule has 0 saturated carbocycles. The molecule has 2 unspecified atom stereocenters. The third-order valence-corrected chi connectivity index (χ3v) is 4.26. The first-order valence-corrected chi connectivity index (χ1v) is 6.42. The number of fused-ring (bicyclic) bond motifs is 1. The van der Waals surface area contributed by atoms with Gasteiger partial charge < -0.3 is 9.64 Å². The van der Waals surface area contributed by atoms with Crippen LogP contribution in [0.3, 0.4) is 0 Å². The first-order chi connectivity index (χ1) is 7.74. The van der Waals surface area contributed by atoms with Crippen molar-refractivity contribution in [1.29, 1.82) is 0 Å². The maximum Gasteiger partial charge on any atom is 0.208 e. The Balaban J connectivity index is 1.76. The molecule has 0 aromatic carbocycles. The standard InChI is InChI=1S/C10H16N4OS/c1-7-11-12-10(16-7)14-5-8-9(6-14)15-4-3-13(8)2/h8-9H,3-6H2,1-2H3. The summed E-state index contributed by atoms with van der Waals surface area (Å²) in [7, 11) is 2.18. The number of morpholine rings is 1. The van der Waals surface area contributed by atoms with E-state index in [0.29, 0.717) is 12.1 Å². The molecule has 2 aliphatic rings. The number of rotatable bonds is 1. The monoisotopic (exact) mass is 240 g/mol. The van der Waals surface area contributed by atoms with Gasteiger partial charge in [-0.15, -0.1) is 10.2 Å². The molecule has 6 heteroatoms. The van der Waals surface area contributed by atoms with Gasteiger partial charge in [0.25, 0.3) is 0 Å². The molecule has 0 spiro atoms. The summed E-state index contributed by atoms with van der Waals surface area (Å²) >= 11 is 1.66.